The lowest BCUT2D eigenvalue weighted by Crippen LogP contribution is -2.46. The Morgan fingerprint density at radius 3 is 2.96 bits per heavy atom. The average Bonchev–Trinajstić information content (AvgIpc) is 3.28. The Bertz CT molecular complexity index is 743. The summed E-state index contributed by atoms with van der Waals surface area (Å²) in [7, 11) is 0. The first-order valence-electron chi connectivity index (χ1n) is 9.19. The lowest BCUT2D eigenvalue weighted by Gasteiger charge is -2.35. The molecule has 0 bridgehead atoms. The van der Waals surface area contributed by atoms with Crippen molar-refractivity contribution in [2.24, 2.45) is 0 Å². The van der Waals surface area contributed by atoms with Crippen molar-refractivity contribution in [2.75, 3.05) is 13.1 Å². The van der Waals surface area contributed by atoms with Crippen LogP contribution < -0.4 is 4.74 Å². The number of carbonyl (C=O) groups excluding carboxylic acids is 1. The van der Waals surface area contributed by atoms with Gasteiger partial charge in [0.15, 0.2) is 6.10 Å². The van der Waals surface area contributed by atoms with E-state index in [4.69, 9.17) is 4.74 Å². The summed E-state index contributed by atoms with van der Waals surface area (Å²) in [6.45, 7) is 5.88. The SMILES string of the molecule is CC(C)c1nccn1[C@@H]1CCCN(C(=O)[C@@H]2Cc3ccccc3O2)C1. The molecule has 1 aromatic heterocycles. The molecule has 4 rings (SSSR count). The van der Waals surface area contributed by atoms with Crippen molar-refractivity contribution in [1.29, 1.82) is 0 Å². The number of likely N-dealkylation sites (tertiary alicyclic amines) is 1. The van der Waals surface area contributed by atoms with Crippen molar-refractivity contribution in [3.8, 4) is 5.75 Å². The van der Waals surface area contributed by atoms with E-state index in [0.717, 1.165) is 43.1 Å². The highest BCUT2D eigenvalue weighted by Gasteiger charge is 2.35. The minimum atomic E-state index is -0.372. The van der Waals surface area contributed by atoms with Gasteiger partial charge in [0, 0.05) is 37.8 Å². The minimum absolute atomic E-state index is 0.118. The molecular weight excluding hydrogens is 314 g/mol. The van der Waals surface area contributed by atoms with Gasteiger partial charge in [0.2, 0.25) is 0 Å². The third kappa shape index (κ3) is 3.03. The molecule has 0 aliphatic carbocycles. The Morgan fingerprint density at radius 1 is 1.32 bits per heavy atom. The summed E-state index contributed by atoms with van der Waals surface area (Å²) in [5.74, 6) is 2.45. The second kappa shape index (κ2) is 6.54. The molecule has 132 valence electrons. The third-order valence-electron chi connectivity index (χ3n) is 5.24. The molecule has 2 aliphatic heterocycles. The van der Waals surface area contributed by atoms with Crippen LogP contribution in [-0.2, 0) is 11.2 Å². The van der Waals surface area contributed by atoms with Crippen LogP contribution in [0.15, 0.2) is 36.7 Å². The first-order valence-corrected chi connectivity index (χ1v) is 9.19. The fourth-order valence-electron chi connectivity index (χ4n) is 3.99. The molecule has 1 aromatic carbocycles. The van der Waals surface area contributed by atoms with E-state index >= 15 is 0 Å². The molecule has 5 nitrogen and oxygen atoms in total. The van der Waals surface area contributed by atoms with Gasteiger partial charge in [-0.05, 0) is 24.5 Å². The van der Waals surface area contributed by atoms with Crippen molar-refractivity contribution in [3.63, 3.8) is 0 Å². The Balaban J connectivity index is 1.47. The Morgan fingerprint density at radius 2 is 2.16 bits per heavy atom. The standard InChI is InChI=1S/C20H25N3O2/c1-14(2)19-21-9-11-23(19)16-7-5-10-22(13-16)20(24)18-12-15-6-3-4-8-17(15)25-18/h3-4,6,8-9,11,14,16,18H,5,7,10,12-13H2,1-2H3/t16-,18+/m1/s1. The van der Waals surface area contributed by atoms with Gasteiger partial charge in [0.1, 0.15) is 11.6 Å². The second-order valence-electron chi connectivity index (χ2n) is 7.35. The molecule has 1 saturated heterocycles. The van der Waals surface area contributed by atoms with Gasteiger partial charge in [-0.25, -0.2) is 4.98 Å². The molecular formula is C20H25N3O2. The highest BCUT2D eigenvalue weighted by molar-refractivity contribution is 5.82. The number of fused-ring (bicyclic) bond motifs is 1. The maximum atomic E-state index is 13.0. The third-order valence-corrected chi connectivity index (χ3v) is 5.24. The zero-order chi connectivity index (χ0) is 17.4. The second-order valence-corrected chi connectivity index (χ2v) is 7.35. The summed E-state index contributed by atoms with van der Waals surface area (Å²) in [4.78, 5) is 19.5. The molecule has 3 heterocycles. The van der Waals surface area contributed by atoms with Crippen LogP contribution in [0.3, 0.4) is 0 Å². The number of piperidine rings is 1. The zero-order valence-electron chi connectivity index (χ0n) is 14.9. The van der Waals surface area contributed by atoms with E-state index in [1.54, 1.807) is 0 Å². The number of hydrogen-bond donors (Lipinski definition) is 0. The summed E-state index contributed by atoms with van der Waals surface area (Å²) in [5, 5.41) is 0. The normalized spacial score (nSPS) is 22.8. The van der Waals surface area contributed by atoms with E-state index in [1.807, 2.05) is 35.4 Å². The quantitative estimate of drug-likeness (QED) is 0.863. The molecule has 5 heteroatoms. The van der Waals surface area contributed by atoms with Crippen LogP contribution in [0, 0.1) is 0 Å². The number of nitrogens with zero attached hydrogens (tertiary/aromatic N) is 3. The molecule has 0 spiro atoms. The molecule has 2 aromatic rings. The summed E-state index contributed by atoms with van der Waals surface area (Å²) in [6, 6.07) is 8.25. The van der Waals surface area contributed by atoms with Crippen LogP contribution >= 0.6 is 0 Å². The van der Waals surface area contributed by atoms with Gasteiger partial charge in [-0.3, -0.25) is 4.79 Å². The summed E-state index contributed by atoms with van der Waals surface area (Å²) in [6.07, 6.45) is 6.34. The number of para-hydroxylation sites is 1. The lowest BCUT2D eigenvalue weighted by molar-refractivity contribution is -0.139. The van der Waals surface area contributed by atoms with E-state index < -0.39 is 0 Å². The molecule has 0 unspecified atom stereocenters. The summed E-state index contributed by atoms with van der Waals surface area (Å²) >= 11 is 0. The summed E-state index contributed by atoms with van der Waals surface area (Å²) < 4.78 is 8.16. The van der Waals surface area contributed by atoms with Crippen molar-refractivity contribution in [1.82, 2.24) is 14.5 Å². The monoisotopic (exact) mass is 339 g/mol. The average molecular weight is 339 g/mol. The smallest absolute Gasteiger partial charge is 0.264 e. The van der Waals surface area contributed by atoms with Crippen molar-refractivity contribution in [3.05, 3.63) is 48.0 Å². The van der Waals surface area contributed by atoms with Gasteiger partial charge < -0.3 is 14.2 Å². The van der Waals surface area contributed by atoms with Gasteiger partial charge in [-0.1, -0.05) is 32.0 Å². The largest absolute Gasteiger partial charge is 0.480 e. The summed E-state index contributed by atoms with van der Waals surface area (Å²) in [5.41, 5.74) is 1.13. The molecule has 25 heavy (non-hydrogen) atoms. The first kappa shape index (κ1) is 16.2. The van der Waals surface area contributed by atoms with E-state index in [9.17, 15) is 4.79 Å². The predicted octanol–water partition coefficient (Wildman–Crippen LogP) is 3.17. The first-order chi connectivity index (χ1) is 12.1. The molecule has 0 radical (unpaired) electrons. The maximum absolute atomic E-state index is 13.0. The van der Waals surface area contributed by atoms with Gasteiger partial charge in [0.05, 0.1) is 6.04 Å². The lowest BCUT2D eigenvalue weighted by atomic mass is 10.0. The van der Waals surface area contributed by atoms with Crippen LogP contribution in [0.25, 0.3) is 0 Å². The van der Waals surface area contributed by atoms with Gasteiger partial charge in [-0.15, -0.1) is 0 Å². The van der Waals surface area contributed by atoms with E-state index in [1.165, 1.54) is 0 Å². The molecule has 0 saturated carbocycles. The van der Waals surface area contributed by atoms with Crippen LogP contribution in [0.5, 0.6) is 5.75 Å². The van der Waals surface area contributed by atoms with Crippen LogP contribution in [0.1, 0.15) is 50.0 Å². The number of amides is 1. The zero-order valence-corrected chi connectivity index (χ0v) is 14.9. The molecule has 0 N–H and O–H groups in total. The van der Waals surface area contributed by atoms with Crippen molar-refractivity contribution in [2.45, 2.75) is 51.2 Å². The molecule has 1 amide bonds. The Labute approximate surface area is 148 Å². The van der Waals surface area contributed by atoms with E-state index in [2.05, 4.69) is 29.6 Å². The Hall–Kier alpha value is -2.30. The number of carbonyl (C=O) groups is 1. The van der Waals surface area contributed by atoms with E-state index in [-0.39, 0.29) is 12.0 Å². The number of aromatic nitrogens is 2. The van der Waals surface area contributed by atoms with Crippen LogP contribution in [0.4, 0.5) is 0 Å². The Kier molecular flexibility index (Phi) is 4.24. The van der Waals surface area contributed by atoms with Gasteiger partial charge in [-0.2, -0.15) is 0 Å². The minimum Gasteiger partial charge on any atom is -0.480 e. The highest BCUT2D eigenvalue weighted by atomic mass is 16.5. The predicted molar refractivity (Wildman–Crippen MR) is 95.7 cm³/mol. The molecule has 2 aliphatic rings. The number of hydrogen-bond acceptors (Lipinski definition) is 3. The fourth-order valence-corrected chi connectivity index (χ4v) is 3.99. The molecule has 2 atom stereocenters. The van der Waals surface area contributed by atoms with Crippen LogP contribution in [0.2, 0.25) is 0 Å². The number of ether oxygens (including phenoxy) is 1. The maximum Gasteiger partial charge on any atom is 0.264 e. The number of benzene rings is 1. The van der Waals surface area contributed by atoms with Crippen LogP contribution in [-0.4, -0.2) is 39.6 Å². The number of rotatable bonds is 3. The van der Waals surface area contributed by atoms with Crippen molar-refractivity contribution >= 4 is 5.91 Å². The molecule has 1 fully saturated rings. The van der Waals surface area contributed by atoms with E-state index in [0.29, 0.717) is 18.4 Å². The van der Waals surface area contributed by atoms with Crippen molar-refractivity contribution < 1.29 is 9.53 Å². The fraction of sp³-hybridized carbons (Fsp3) is 0.500. The number of imidazole rings is 1. The topological polar surface area (TPSA) is 47.4 Å². The van der Waals surface area contributed by atoms with Gasteiger partial charge >= 0.3 is 0 Å². The van der Waals surface area contributed by atoms with Gasteiger partial charge in [0.25, 0.3) is 5.91 Å². The highest BCUT2D eigenvalue weighted by Crippen LogP contribution is 2.31.